The van der Waals surface area contributed by atoms with Crippen LogP contribution in [0, 0.1) is 11.6 Å². The average molecular weight is 278 g/mol. The Kier molecular flexibility index (Phi) is 4.35. The van der Waals surface area contributed by atoms with Gasteiger partial charge in [-0.2, -0.15) is 0 Å². The van der Waals surface area contributed by atoms with Gasteiger partial charge in [0.15, 0.2) is 0 Å². The molecular formula is C16H16F2O2. The zero-order valence-electron chi connectivity index (χ0n) is 11.3. The first-order valence-electron chi connectivity index (χ1n) is 6.38. The highest BCUT2D eigenvalue weighted by atomic mass is 19.1. The van der Waals surface area contributed by atoms with E-state index in [0.717, 1.165) is 12.1 Å². The molecule has 0 radical (unpaired) electrons. The summed E-state index contributed by atoms with van der Waals surface area (Å²) in [6, 6.07) is 10.2. The van der Waals surface area contributed by atoms with Crippen molar-refractivity contribution in [2.24, 2.45) is 0 Å². The van der Waals surface area contributed by atoms with Crippen molar-refractivity contribution >= 4 is 0 Å². The zero-order valence-corrected chi connectivity index (χ0v) is 11.3. The van der Waals surface area contributed by atoms with Crippen LogP contribution in [0.3, 0.4) is 0 Å². The molecule has 2 aromatic carbocycles. The van der Waals surface area contributed by atoms with Gasteiger partial charge in [-0.15, -0.1) is 0 Å². The fourth-order valence-corrected chi connectivity index (χ4v) is 2.00. The molecule has 1 unspecified atom stereocenters. The van der Waals surface area contributed by atoms with Gasteiger partial charge in [0.25, 0.3) is 0 Å². The minimum Gasteiger partial charge on any atom is -0.491 e. The van der Waals surface area contributed by atoms with Crippen molar-refractivity contribution in [3.8, 4) is 5.75 Å². The third-order valence-electron chi connectivity index (χ3n) is 2.85. The molecule has 0 heterocycles. The van der Waals surface area contributed by atoms with E-state index >= 15 is 0 Å². The number of aliphatic hydroxyl groups is 1. The van der Waals surface area contributed by atoms with Gasteiger partial charge >= 0.3 is 0 Å². The highest BCUT2D eigenvalue weighted by Gasteiger charge is 2.22. The summed E-state index contributed by atoms with van der Waals surface area (Å²) < 4.78 is 33.0. The SMILES string of the molecule is CC(C)Oc1ccccc1C(O)c1c(F)cccc1F. The van der Waals surface area contributed by atoms with Crippen LogP contribution in [0.4, 0.5) is 8.78 Å². The lowest BCUT2D eigenvalue weighted by Gasteiger charge is -2.19. The van der Waals surface area contributed by atoms with Crippen molar-refractivity contribution in [2.45, 2.75) is 26.1 Å². The second-order valence-corrected chi connectivity index (χ2v) is 4.74. The molecule has 0 aliphatic heterocycles. The maximum absolute atomic E-state index is 13.7. The Morgan fingerprint density at radius 3 is 2.15 bits per heavy atom. The number of halogens is 2. The van der Waals surface area contributed by atoms with E-state index < -0.39 is 17.7 Å². The number of ether oxygens (including phenoxy) is 1. The molecule has 0 saturated heterocycles. The maximum atomic E-state index is 13.7. The first-order chi connectivity index (χ1) is 9.50. The van der Waals surface area contributed by atoms with E-state index in [-0.39, 0.29) is 11.7 Å². The smallest absolute Gasteiger partial charge is 0.132 e. The molecule has 1 atom stereocenters. The van der Waals surface area contributed by atoms with Gasteiger partial charge in [-0.3, -0.25) is 0 Å². The zero-order chi connectivity index (χ0) is 14.7. The van der Waals surface area contributed by atoms with E-state index in [0.29, 0.717) is 11.3 Å². The second kappa shape index (κ2) is 6.01. The van der Waals surface area contributed by atoms with Crippen molar-refractivity contribution in [3.63, 3.8) is 0 Å². The molecule has 0 saturated carbocycles. The van der Waals surface area contributed by atoms with Gasteiger partial charge in [-0.25, -0.2) is 8.78 Å². The largest absolute Gasteiger partial charge is 0.491 e. The van der Waals surface area contributed by atoms with Gasteiger partial charge < -0.3 is 9.84 Å². The summed E-state index contributed by atoms with van der Waals surface area (Å²) in [5.41, 5.74) is -0.0301. The number of para-hydroxylation sites is 1. The standard InChI is InChI=1S/C16H16F2O2/c1-10(2)20-14-9-4-3-6-11(14)16(19)15-12(17)7-5-8-13(15)18/h3-10,16,19H,1-2H3. The number of rotatable bonds is 4. The minimum atomic E-state index is -1.41. The van der Waals surface area contributed by atoms with Gasteiger partial charge in [-0.05, 0) is 32.0 Å². The summed E-state index contributed by atoms with van der Waals surface area (Å²) in [6.45, 7) is 3.68. The monoisotopic (exact) mass is 278 g/mol. The summed E-state index contributed by atoms with van der Waals surface area (Å²) in [5, 5.41) is 10.3. The van der Waals surface area contributed by atoms with Crippen LogP contribution in [0.2, 0.25) is 0 Å². The molecule has 0 aliphatic rings. The molecule has 0 spiro atoms. The van der Waals surface area contributed by atoms with Crippen molar-refractivity contribution in [1.29, 1.82) is 0 Å². The van der Waals surface area contributed by atoms with Crippen LogP contribution in [-0.2, 0) is 0 Å². The summed E-state index contributed by atoms with van der Waals surface area (Å²) >= 11 is 0. The topological polar surface area (TPSA) is 29.5 Å². The highest BCUT2D eigenvalue weighted by molar-refractivity contribution is 5.41. The molecule has 0 bridgehead atoms. The van der Waals surface area contributed by atoms with Crippen LogP contribution < -0.4 is 4.74 Å². The molecular weight excluding hydrogens is 262 g/mol. The Morgan fingerprint density at radius 2 is 1.55 bits per heavy atom. The van der Waals surface area contributed by atoms with Crippen LogP contribution >= 0.6 is 0 Å². The summed E-state index contributed by atoms with van der Waals surface area (Å²) in [7, 11) is 0. The Balaban J connectivity index is 2.46. The van der Waals surface area contributed by atoms with Gasteiger partial charge in [0.2, 0.25) is 0 Å². The highest BCUT2D eigenvalue weighted by Crippen LogP contribution is 2.33. The fraction of sp³-hybridized carbons (Fsp3) is 0.250. The van der Waals surface area contributed by atoms with Crippen molar-refractivity contribution in [1.82, 2.24) is 0 Å². The second-order valence-electron chi connectivity index (χ2n) is 4.74. The number of hydrogen-bond acceptors (Lipinski definition) is 2. The van der Waals surface area contributed by atoms with E-state index in [1.807, 2.05) is 13.8 Å². The van der Waals surface area contributed by atoms with Crippen molar-refractivity contribution in [3.05, 3.63) is 65.2 Å². The molecule has 1 N–H and O–H groups in total. The van der Waals surface area contributed by atoms with Crippen molar-refractivity contribution < 1.29 is 18.6 Å². The van der Waals surface area contributed by atoms with Crippen molar-refractivity contribution in [2.75, 3.05) is 0 Å². The average Bonchev–Trinajstić information content (AvgIpc) is 2.38. The fourth-order valence-electron chi connectivity index (χ4n) is 2.00. The number of aliphatic hydroxyl groups excluding tert-OH is 1. The molecule has 2 aromatic rings. The Morgan fingerprint density at radius 1 is 0.950 bits per heavy atom. The normalized spacial score (nSPS) is 12.5. The quantitative estimate of drug-likeness (QED) is 0.921. The summed E-state index contributed by atoms with van der Waals surface area (Å²) in [4.78, 5) is 0. The van der Waals surface area contributed by atoms with Crippen LogP contribution in [-0.4, -0.2) is 11.2 Å². The molecule has 0 aliphatic carbocycles. The van der Waals surface area contributed by atoms with E-state index in [9.17, 15) is 13.9 Å². The molecule has 106 valence electrons. The Labute approximate surface area is 116 Å². The lowest BCUT2D eigenvalue weighted by atomic mass is 9.99. The van der Waals surface area contributed by atoms with Gasteiger partial charge in [0.1, 0.15) is 23.5 Å². The Hall–Kier alpha value is -1.94. The molecule has 4 heteroatoms. The predicted molar refractivity (Wildman–Crippen MR) is 72.6 cm³/mol. The molecule has 2 rings (SSSR count). The number of benzene rings is 2. The molecule has 2 nitrogen and oxygen atoms in total. The number of hydrogen-bond donors (Lipinski definition) is 1. The third kappa shape index (κ3) is 2.96. The first-order valence-corrected chi connectivity index (χ1v) is 6.38. The molecule has 0 amide bonds. The van der Waals surface area contributed by atoms with Crippen LogP contribution in [0.25, 0.3) is 0 Å². The maximum Gasteiger partial charge on any atom is 0.132 e. The molecule has 20 heavy (non-hydrogen) atoms. The van der Waals surface area contributed by atoms with Gasteiger partial charge in [0, 0.05) is 5.56 Å². The van der Waals surface area contributed by atoms with E-state index in [4.69, 9.17) is 4.74 Å². The molecule has 0 fully saturated rings. The summed E-state index contributed by atoms with van der Waals surface area (Å²) in [6.07, 6.45) is -1.51. The predicted octanol–water partition coefficient (Wildman–Crippen LogP) is 3.83. The third-order valence-corrected chi connectivity index (χ3v) is 2.85. The summed E-state index contributed by atoms with van der Waals surface area (Å²) in [5.74, 6) is -1.15. The van der Waals surface area contributed by atoms with Gasteiger partial charge in [0.05, 0.1) is 11.7 Å². The van der Waals surface area contributed by atoms with E-state index in [1.54, 1.807) is 24.3 Å². The molecule has 0 aromatic heterocycles. The minimum absolute atomic E-state index is 0.103. The van der Waals surface area contributed by atoms with E-state index in [2.05, 4.69) is 0 Å². The Bertz CT molecular complexity index is 577. The van der Waals surface area contributed by atoms with Crippen LogP contribution in [0.15, 0.2) is 42.5 Å². The van der Waals surface area contributed by atoms with Crippen LogP contribution in [0.5, 0.6) is 5.75 Å². The van der Waals surface area contributed by atoms with Crippen LogP contribution in [0.1, 0.15) is 31.1 Å². The van der Waals surface area contributed by atoms with E-state index in [1.165, 1.54) is 6.07 Å². The lowest BCUT2D eigenvalue weighted by Crippen LogP contribution is -2.11. The lowest BCUT2D eigenvalue weighted by molar-refractivity contribution is 0.191. The van der Waals surface area contributed by atoms with Gasteiger partial charge in [-0.1, -0.05) is 24.3 Å². The first kappa shape index (κ1) is 14.5.